The number of carboxylic acids is 1. The van der Waals surface area contributed by atoms with Gasteiger partial charge in [0.15, 0.2) is 11.5 Å². The number of carbonyl (C=O) groups is 1. The van der Waals surface area contributed by atoms with Gasteiger partial charge in [-0.1, -0.05) is 42.5 Å². The third-order valence-electron chi connectivity index (χ3n) is 5.46. The molecule has 3 heterocycles. The summed E-state index contributed by atoms with van der Waals surface area (Å²) in [7, 11) is 1.95. The summed E-state index contributed by atoms with van der Waals surface area (Å²) in [6, 6.07) is 14.4. The van der Waals surface area contributed by atoms with Crippen LogP contribution in [0.15, 0.2) is 65.7 Å². The van der Waals surface area contributed by atoms with E-state index >= 15 is 0 Å². The van der Waals surface area contributed by atoms with E-state index in [1.165, 1.54) is 16.8 Å². The molecule has 5 aromatic rings. The Balaban J connectivity index is 1.52. The van der Waals surface area contributed by atoms with Gasteiger partial charge in [0, 0.05) is 24.4 Å². The smallest absolute Gasteiger partial charge is 0.336 e. The second-order valence-corrected chi connectivity index (χ2v) is 7.81. The first-order valence-electron chi connectivity index (χ1n) is 10.3. The first kappa shape index (κ1) is 20.4. The number of aromatic nitrogens is 6. The molecule has 33 heavy (non-hydrogen) atoms. The van der Waals surface area contributed by atoms with Gasteiger partial charge in [0.1, 0.15) is 11.3 Å². The number of aromatic amines is 1. The summed E-state index contributed by atoms with van der Waals surface area (Å²) in [6.07, 6.45) is 3.47. The van der Waals surface area contributed by atoms with Crippen molar-refractivity contribution in [3.63, 3.8) is 0 Å². The Morgan fingerprint density at radius 2 is 1.85 bits per heavy atom. The Bertz CT molecular complexity index is 1560. The number of aromatic carboxylic acids is 1. The normalized spacial score (nSPS) is 11.2. The highest BCUT2D eigenvalue weighted by molar-refractivity contribution is 5.95. The second kappa shape index (κ2) is 7.86. The van der Waals surface area contributed by atoms with E-state index < -0.39 is 5.97 Å². The van der Waals surface area contributed by atoms with E-state index in [1.54, 1.807) is 18.2 Å². The highest BCUT2D eigenvalue weighted by Gasteiger charge is 2.16. The molecule has 0 amide bonds. The third kappa shape index (κ3) is 3.69. The van der Waals surface area contributed by atoms with E-state index in [4.69, 9.17) is 0 Å². The Morgan fingerprint density at radius 1 is 1.09 bits per heavy atom. The van der Waals surface area contributed by atoms with Crippen LogP contribution >= 0.6 is 0 Å². The van der Waals surface area contributed by atoms with Crippen molar-refractivity contribution in [3.05, 3.63) is 88.2 Å². The summed E-state index contributed by atoms with van der Waals surface area (Å²) in [5.74, 6) is 0.0512. The highest BCUT2D eigenvalue weighted by Crippen LogP contribution is 2.23. The number of benzene rings is 2. The van der Waals surface area contributed by atoms with Crippen molar-refractivity contribution in [1.82, 2.24) is 29.1 Å². The van der Waals surface area contributed by atoms with E-state index in [2.05, 4.69) is 19.9 Å². The summed E-state index contributed by atoms with van der Waals surface area (Å²) in [5.41, 5.74) is 3.91. The van der Waals surface area contributed by atoms with Gasteiger partial charge in [-0.15, -0.1) is 0 Å². The van der Waals surface area contributed by atoms with Crippen LogP contribution in [0.25, 0.3) is 33.9 Å². The summed E-state index contributed by atoms with van der Waals surface area (Å²) >= 11 is 0. The number of hydrogen-bond acceptors (Lipinski definition) is 5. The first-order chi connectivity index (χ1) is 15.9. The van der Waals surface area contributed by atoms with Crippen molar-refractivity contribution < 1.29 is 9.90 Å². The van der Waals surface area contributed by atoms with Crippen molar-refractivity contribution in [2.75, 3.05) is 0 Å². The number of nitrogens with zero attached hydrogens (tertiary/aromatic N) is 5. The van der Waals surface area contributed by atoms with Crippen LogP contribution in [0.2, 0.25) is 0 Å². The molecule has 164 valence electrons. The second-order valence-electron chi connectivity index (χ2n) is 7.81. The maximum Gasteiger partial charge on any atom is 0.336 e. The lowest BCUT2D eigenvalue weighted by Gasteiger charge is -2.07. The third-order valence-corrected chi connectivity index (χ3v) is 5.46. The van der Waals surface area contributed by atoms with Gasteiger partial charge in [-0.2, -0.15) is 0 Å². The van der Waals surface area contributed by atoms with Gasteiger partial charge in [-0.3, -0.25) is 4.57 Å². The van der Waals surface area contributed by atoms with Gasteiger partial charge in [-0.05, 0) is 18.6 Å². The summed E-state index contributed by atoms with van der Waals surface area (Å²) < 4.78 is 3.49. The molecule has 0 unspecified atom stereocenters. The molecule has 0 aliphatic carbocycles. The highest BCUT2D eigenvalue weighted by atomic mass is 16.4. The number of H-pyrrole nitrogens is 1. The lowest BCUT2D eigenvalue weighted by molar-refractivity contribution is 0.0697. The fourth-order valence-electron chi connectivity index (χ4n) is 3.91. The van der Waals surface area contributed by atoms with Gasteiger partial charge >= 0.3 is 11.7 Å². The molecule has 3 aromatic heterocycles. The molecular formula is C24H20N6O3. The van der Waals surface area contributed by atoms with Crippen LogP contribution in [-0.4, -0.2) is 40.1 Å². The van der Waals surface area contributed by atoms with Crippen LogP contribution in [0, 0.1) is 6.92 Å². The van der Waals surface area contributed by atoms with Gasteiger partial charge < -0.3 is 14.7 Å². The molecule has 0 aliphatic rings. The van der Waals surface area contributed by atoms with Crippen molar-refractivity contribution in [3.8, 4) is 22.8 Å². The van der Waals surface area contributed by atoms with E-state index in [0.717, 1.165) is 22.6 Å². The maximum absolute atomic E-state index is 12.6. The van der Waals surface area contributed by atoms with Crippen LogP contribution in [0.3, 0.4) is 0 Å². The fourth-order valence-corrected chi connectivity index (χ4v) is 3.91. The van der Waals surface area contributed by atoms with E-state index in [0.29, 0.717) is 23.3 Å². The van der Waals surface area contributed by atoms with Crippen LogP contribution in [-0.2, 0) is 13.6 Å². The Kier molecular flexibility index (Phi) is 4.86. The zero-order valence-electron chi connectivity index (χ0n) is 18.0. The molecule has 5 rings (SSSR count). The quantitative estimate of drug-likeness (QED) is 0.433. The minimum Gasteiger partial charge on any atom is -0.478 e. The van der Waals surface area contributed by atoms with Crippen molar-refractivity contribution >= 4 is 17.1 Å². The summed E-state index contributed by atoms with van der Waals surface area (Å²) in [5, 5.41) is 9.49. The number of carboxylic acid groups (broad SMARTS) is 1. The Morgan fingerprint density at radius 3 is 2.55 bits per heavy atom. The fraction of sp³-hybridized carbons (Fsp3) is 0.125. The van der Waals surface area contributed by atoms with Gasteiger partial charge in [0.05, 0.1) is 24.0 Å². The topological polar surface area (TPSA) is 119 Å². The zero-order valence-corrected chi connectivity index (χ0v) is 18.0. The minimum absolute atomic E-state index is 0.0985. The Labute approximate surface area is 188 Å². The molecule has 0 fully saturated rings. The minimum atomic E-state index is -1.07. The molecule has 0 atom stereocenters. The number of fused-ring (bicyclic) bond motifs is 1. The molecular weight excluding hydrogens is 420 g/mol. The average molecular weight is 440 g/mol. The molecule has 9 nitrogen and oxygen atoms in total. The van der Waals surface area contributed by atoms with E-state index in [-0.39, 0.29) is 17.1 Å². The van der Waals surface area contributed by atoms with Crippen LogP contribution in [0.5, 0.6) is 0 Å². The largest absolute Gasteiger partial charge is 0.478 e. The maximum atomic E-state index is 12.6. The first-order valence-corrected chi connectivity index (χ1v) is 10.3. The predicted octanol–water partition coefficient (Wildman–Crippen LogP) is 3.24. The molecule has 0 spiro atoms. The molecule has 2 N–H and O–H groups in total. The molecule has 0 saturated carbocycles. The standard InChI is InChI=1S/C24H20N6O3/c1-14-12-29(2)21(26-14)16-9-7-15(8-10-16)13-30-22-19(27-24(30)33)11-25-20(28-22)17-5-3-4-6-18(17)23(31)32/h3-12H,13H2,1-2H3,(H,27,33)(H,31,32). The molecule has 0 bridgehead atoms. The average Bonchev–Trinajstić information content (AvgIpc) is 3.31. The van der Waals surface area contributed by atoms with E-state index in [1.807, 2.05) is 49.0 Å². The van der Waals surface area contributed by atoms with Crippen molar-refractivity contribution in [2.45, 2.75) is 13.5 Å². The monoisotopic (exact) mass is 440 g/mol. The number of imidazole rings is 2. The van der Waals surface area contributed by atoms with Crippen LogP contribution < -0.4 is 5.69 Å². The molecule has 0 aliphatic heterocycles. The predicted molar refractivity (Wildman–Crippen MR) is 123 cm³/mol. The van der Waals surface area contributed by atoms with Gasteiger partial charge in [-0.25, -0.2) is 24.5 Å². The van der Waals surface area contributed by atoms with Crippen molar-refractivity contribution in [1.29, 1.82) is 0 Å². The number of rotatable bonds is 5. The van der Waals surface area contributed by atoms with Gasteiger partial charge in [0.2, 0.25) is 0 Å². The number of aryl methyl sites for hydroxylation is 2. The number of hydrogen-bond donors (Lipinski definition) is 2. The summed E-state index contributed by atoms with van der Waals surface area (Å²) in [4.78, 5) is 40.3. The zero-order chi connectivity index (χ0) is 23.1. The molecule has 0 radical (unpaired) electrons. The SMILES string of the molecule is Cc1cn(C)c(-c2ccc(Cn3c(=O)[nH]c4cnc(-c5ccccc5C(=O)O)nc43)cc2)n1. The lowest BCUT2D eigenvalue weighted by atomic mass is 10.1. The molecule has 2 aromatic carbocycles. The summed E-state index contributed by atoms with van der Waals surface area (Å²) in [6.45, 7) is 2.25. The van der Waals surface area contributed by atoms with Gasteiger partial charge in [0.25, 0.3) is 0 Å². The van der Waals surface area contributed by atoms with E-state index in [9.17, 15) is 14.7 Å². The number of nitrogens with one attached hydrogen (secondary N) is 1. The van der Waals surface area contributed by atoms with Crippen LogP contribution in [0.1, 0.15) is 21.6 Å². The molecule has 0 saturated heterocycles. The van der Waals surface area contributed by atoms with Crippen molar-refractivity contribution in [2.24, 2.45) is 7.05 Å². The van der Waals surface area contributed by atoms with Crippen LogP contribution in [0.4, 0.5) is 0 Å². The lowest BCUT2D eigenvalue weighted by Crippen LogP contribution is -2.17. The Hall–Kier alpha value is -4.53. The molecule has 9 heteroatoms.